The Morgan fingerprint density at radius 1 is 1.31 bits per heavy atom. The molecule has 1 aliphatic heterocycles. The smallest absolute Gasteiger partial charge is 0.329 e. The molecule has 0 saturated carbocycles. The third kappa shape index (κ3) is 3.19. The highest BCUT2D eigenvalue weighted by Crippen LogP contribution is 2.37. The summed E-state index contributed by atoms with van der Waals surface area (Å²) in [5, 5.41) is 10.00. The SMILES string of the molecule is Cc1nc2c(s1)C(OC(=O)C1CCCN1c1ccc(C#N)cc1)CCC2. The maximum absolute atomic E-state index is 12.9. The number of thiazole rings is 1. The Labute approximate surface area is 157 Å². The van der Waals surface area contributed by atoms with E-state index in [1.807, 2.05) is 19.1 Å². The van der Waals surface area contributed by atoms with E-state index in [-0.39, 0.29) is 18.1 Å². The Kier molecular flexibility index (Phi) is 4.64. The van der Waals surface area contributed by atoms with Crippen molar-refractivity contribution in [2.24, 2.45) is 0 Å². The van der Waals surface area contributed by atoms with E-state index < -0.39 is 0 Å². The van der Waals surface area contributed by atoms with Crippen molar-refractivity contribution in [2.75, 3.05) is 11.4 Å². The molecule has 0 spiro atoms. The molecule has 2 aromatic rings. The predicted octanol–water partition coefficient (Wildman–Crippen LogP) is 3.91. The van der Waals surface area contributed by atoms with Crippen LogP contribution in [0.4, 0.5) is 5.69 Å². The van der Waals surface area contributed by atoms with E-state index in [9.17, 15) is 4.79 Å². The third-order valence-electron chi connectivity index (χ3n) is 5.12. The number of esters is 1. The molecule has 4 rings (SSSR count). The number of ether oxygens (including phenoxy) is 1. The topological polar surface area (TPSA) is 66.2 Å². The molecule has 2 unspecified atom stereocenters. The lowest BCUT2D eigenvalue weighted by Gasteiger charge is -2.28. The number of hydrogen-bond acceptors (Lipinski definition) is 6. The van der Waals surface area contributed by atoms with Crippen LogP contribution in [-0.2, 0) is 16.0 Å². The summed E-state index contributed by atoms with van der Waals surface area (Å²) < 4.78 is 5.95. The molecule has 2 aliphatic rings. The van der Waals surface area contributed by atoms with Gasteiger partial charge in [-0.15, -0.1) is 11.3 Å². The van der Waals surface area contributed by atoms with E-state index in [1.54, 1.807) is 23.5 Å². The summed E-state index contributed by atoms with van der Waals surface area (Å²) in [7, 11) is 0. The first-order chi connectivity index (χ1) is 12.7. The normalized spacial score (nSPS) is 21.9. The van der Waals surface area contributed by atoms with Crippen LogP contribution in [0.25, 0.3) is 0 Å². The first kappa shape index (κ1) is 17.0. The number of benzene rings is 1. The molecule has 0 radical (unpaired) electrons. The lowest BCUT2D eigenvalue weighted by atomic mass is 10.00. The van der Waals surface area contributed by atoms with Crippen LogP contribution in [0.1, 0.15) is 52.9 Å². The molecule has 0 bridgehead atoms. The molecular weight excluding hydrogens is 346 g/mol. The number of nitrogens with zero attached hydrogens (tertiary/aromatic N) is 3. The molecule has 1 aliphatic carbocycles. The average Bonchev–Trinajstić information content (AvgIpc) is 3.28. The minimum absolute atomic E-state index is 0.143. The Morgan fingerprint density at radius 3 is 2.88 bits per heavy atom. The summed E-state index contributed by atoms with van der Waals surface area (Å²) in [5.74, 6) is -0.143. The van der Waals surface area contributed by atoms with Gasteiger partial charge < -0.3 is 9.64 Å². The van der Waals surface area contributed by atoms with Gasteiger partial charge in [-0.3, -0.25) is 0 Å². The van der Waals surface area contributed by atoms with Crippen molar-refractivity contribution in [3.05, 3.63) is 45.4 Å². The minimum atomic E-state index is -0.248. The van der Waals surface area contributed by atoms with Crippen LogP contribution in [0.2, 0.25) is 0 Å². The molecule has 1 fully saturated rings. The van der Waals surface area contributed by atoms with Crippen molar-refractivity contribution in [3.63, 3.8) is 0 Å². The van der Waals surface area contributed by atoms with Crippen LogP contribution in [0.3, 0.4) is 0 Å². The number of aromatic nitrogens is 1. The molecule has 2 atom stereocenters. The molecule has 1 saturated heterocycles. The van der Waals surface area contributed by atoms with Crippen molar-refractivity contribution in [2.45, 2.75) is 51.2 Å². The first-order valence-corrected chi connectivity index (χ1v) is 9.91. The van der Waals surface area contributed by atoms with E-state index in [0.717, 1.165) is 59.9 Å². The number of nitriles is 1. The van der Waals surface area contributed by atoms with Crippen molar-refractivity contribution >= 4 is 23.0 Å². The summed E-state index contributed by atoms with van der Waals surface area (Å²) in [5.41, 5.74) is 2.70. The van der Waals surface area contributed by atoms with Crippen LogP contribution < -0.4 is 4.90 Å². The molecule has 0 amide bonds. The Hall–Kier alpha value is -2.39. The average molecular weight is 367 g/mol. The summed E-state index contributed by atoms with van der Waals surface area (Å²) in [6.07, 6.45) is 4.49. The van der Waals surface area contributed by atoms with Gasteiger partial charge in [0.2, 0.25) is 0 Å². The molecular formula is C20H21N3O2S. The lowest BCUT2D eigenvalue weighted by Crippen LogP contribution is -2.38. The van der Waals surface area contributed by atoms with Gasteiger partial charge in [0.25, 0.3) is 0 Å². The highest BCUT2D eigenvalue weighted by molar-refractivity contribution is 7.11. The van der Waals surface area contributed by atoms with Gasteiger partial charge in [0.1, 0.15) is 12.1 Å². The summed E-state index contributed by atoms with van der Waals surface area (Å²) >= 11 is 1.65. The molecule has 5 nitrogen and oxygen atoms in total. The monoisotopic (exact) mass is 367 g/mol. The molecule has 1 aromatic carbocycles. The summed E-state index contributed by atoms with van der Waals surface area (Å²) in [6.45, 7) is 2.84. The van der Waals surface area contributed by atoms with Gasteiger partial charge in [0.05, 0.1) is 27.2 Å². The zero-order valence-electron chi connectivity index (χ0n) is 14.8. The van der Waals surface area contributed by atoms with Crippen molar-refractivity contribution in [1.29, 1.82) is 5.26 Å². The minimum Gasteiger partial charge on any atom is -0.455 e. The third-order valence-corrected chi connectivity index (χ3v) is 6.22. The van der Waals surface area contributed by atoms with E-state index in [0.29, 0.717) is 5.56 Å². The standard InChI is InChI=1S/C20H21N3O2S/c1-13-22-16-4-2-6-18(19(16)26-13)25-20(24)17-5-3-11-23(17)15-9-7-14(12-21)8-10-15/h7-10,17-18H,2-6,11H2,1H3. The quantitative estimate of drug-likeness (QED) is 0.770. The summed E-state index contributed by atoms with van der Waals surface area (Å²) in [4.78, 5) is 20.7. The van der Waals surface area contributed by atoms with E-state index >= 15 is 0 Å². The maximum atomic E-state index is 12.9. The van der Waals surface area contributed by atoms with Crippen molar-refractivity contribution in [3.8, 4) is 6.07 Å². The predicted molar refractivity (Wildman–Crippen MR) is 100 cm³/mol. The second kappa shape index (κ2) is 7.08. The van der Waals surface area contributed by atoms with Crippen LogP contribution in [0.5, 0.6) is 0 Å². The highest BCUT2D eigenvalue weighted by Gasteiger charge is 2.35. The number of hydrogen-bond donors (Lipinski definition) is 0. The Balaban J connectivity index is 1.50. The van der Waals surface area contributed by atoms with Crippen LogP contribution >= 0.6 is 11.3 Å². The molecule has 0 N–H and O–H groups in total. The van der Waals surface area contributed by atoms with Gasteiger partial charge in [0.15, 0.2) is 0 Å². The number of fused-ring (bicyclic) bond motifs is 1. The van der Waals surface area contributed by atoms with E-state index in [1.165, 1.54) is 0 Å². The zero-order chi connectivity index (χ0) is 18.1. The molecule has 2 heterocycles. The van der Waals surface area contributed by atoms with E-state index in [2.05, 4.69) is 16.0 Å². The second-order valence-electron chi connectivity index (χ2n) is 6.87. The summed E-state index contributed by atoms with van der Waals surface area (Å²) in [6, 6.07) is 9.30. The lowest BCUT2D eigenvalue weighted by molar-refractivity contribution is -0.151. The van der Waals surface area contributed by atoms with Gasteiger partial charge in [-0.05, 0) is 63.3 Å². The highest BCUT2D eigenvalue weighted by atomic mass is 32.1. The molecule has 134 valence electrons. The fourth-order valence-corrected chi connectivity index (χ4v) is 4.92. The van der Waals surface area contributed by atoms with Gasteiger partial charge in [-0.1, -0.05) is 0 Å². The molecule has 6 heteroatoms. The van der Waals surface area contributed by atoms with Gasteiger partial charge in [0, 0.05) is 12.2 Å². The zero-order valence-corrected chi connectivity index (χ0v) is 15.6. The number of anilines is 1. The fraction of sp³-hybridized carbons (Fsp3) is 0.450. The Morgan fingerprint density at radius 2 is 2.12 bits per heavy atom. The molecule has 26 heavy (non-hydrogen) atoms. The van der Waals surface area contributed by atoms with Crippen LogP contribution in [-0.4, -0.2) is 23.5 Å². The van der Waals surface area contributed by atoms with Gasteiger partial charge in [-0.25, -0.2) is 9.78 Å². The number of carbonyl (C=O) groups is 1. The van der Waals surface area contributed by atoms with Gasteiger partial charge >= 0.3 is 5.97 Å². The van der Waals surface area contributed by atoms with E-state index in [4.69, 9.17) is 10.00 Å². The fourth-order valence-electron chi connectivity index (χ4n) is 3.88. The number of rotatable bonds is 3. The molecule has 1 aromatic heterocycles. The second-order valence-corrected chi connectivity index (χ2v) is 8.11. The van der Waals surface area contributed by atoms with Crippen LogP contribution in [0.15, 0.2) is 24.3 Å². The first-order valence-electron chi connectivity index (χ1n) is 9.09. The van der Waals surface area contributed by atoms with Crippen molar-refractivity contribution in [1.82, 2.24) is 4.98 Å². The number of carbonyl (C=O) groups excluding carboxylic acids is 1. The maximum Gasteiger partial charge on any atom is 0.329 e. The van der Waals surface area contributed by atoms with Crippen molar-refractivity contribution < 1.29 is 9.53 Å². The Bertz CT molecular complexity index is 853. The number of aryl methyl sites for hydroxylation is 2. The van der Waals surface area contributed by atoms with Crippen LogP contribution in [0, 0.1) is 18.3 Å². The van der Waals surface area contributed by atoms with Gasteiger partial charge in [-0.2, -0.15) is 5.26 Å². The largest absolute Gasteiger partial charge is 0.455 e.